The van der Waals surface area contributed by atoms with Crippen molar-refractivity contribution in [2.75, 3.05) is 7.05 Å². The number of nitrogens with two attached hydrogens (primary N) is 1. The lowest BCUT2D eigenvalue weighted by atomic mass is 10.2. The summed E-state index contributed by atoms with van der Waals surface area (Å²) in [6.45, 7) is 0. The van der Waals surface area contributed by atoms with Gasteiger partial charge in [0.05, 0.1) is 18.2 Å². The number of hydrogen-bond acceptors (Lipinski definition) is 2. The summed E-state index contributed by atoms with van der Waals surface area (Å²) >= 11 is 1.50. The summed E-state index contributed by atoms with van der Waals surface area (Å²) in [6, 6.07) is 10.1. The molecule has 72 valence electrons. The fourth-order valence-corrected chi connectivity index (χ4v) is 2.07. The van der Waals surface area contributed by atoms with Crippen LogP contribution in [0.15, 0.2) is 41.8 Å². The molecule has 1 heterocycles. The standard InChI is InChI=1S/C9H10N4S/c1-12-7-9(14-13(12)11-10)8-5-3-2-4-6-8/h2-7,10H,1H3/p+1. The number of benzene rings is 1. The molecule has 0 saturated heterocycles. The van der Waals surface area contributed by atoms with Crippen LogP contribution in [0.4, 0.5) is 0 Å². The molecule has 1 aromatic carbocycles. The van der Waals surface area contributed by atoms with Crippen molar-refractivity contribution in [1.82, 2.24) is 5.01 Å². The average Bonchev–Trinajstić information content (AvgIpc) is 2.61. The maximum atomic E-state index is 5.22. The van der Waals surface area contributed by atoms with E-state index in [0.29, 0.717) is 0 Å². The minimum atomic E-state index is 1.14. The number of hydrogen-bond donors (Lipinski definition) is 1. The van der Waals surface area contributed by atoms with Gasteiger partial charge in [-0.3, -0.25) is 0 Å². The van der Waals surface area contributed by atoms with E-state index in [0.717, 1.165) is 4.91 Å². The van der Waals surface area contributed by atoms with Gasteiger partial charge in [-0.25, -0.2) is 0 Å². The molecular weight excluding hydrogens is 196 g/mol. The SMILES string of the molecule is CN1C=C(c2ccccc2)S[N+]1=NN. The maximum Gasteiger partial charge on any atom is 0.152 e. The first-order chi connectivity index (χ1) is 6.81. The van der Waals surface area contributed by atoms with Crippen LogP contribution in [0.2, 0.25) is 0 Å². The molecule has 0 fully saturated rings. The lowest BCUT2D eigenvalue weighted by molar-refractivity contribution is -0.582. The molecule has 0 bridgehead atoms. The Morgan fingerprint density at radius 2 is 2.07 bits per heavy atom. The molecule has 0 saturated carbocycles. The van der Waals surface area contributed by atoms with E-state index in [-0.39, 0.29) is 0 Å². The van der Waals surface area contributed by atoms with Crippen LogP contribution in [-0.4, -0.2) is 16.3 Å². The second-order valence-corrected chi connectivity index (χ2v) is 3.84. The van der Waals surface area contributed by atoms with Crippen LogP contribution in [0.25, 0.3) is 4.91 Å². The number of nitrogens with zero attached hydrogens (tertiary/aromatic N) is 3. The smallest absolute Gasteiger partial charge is 0.152 e. The first-order valence-electron chi connectivity index (χ1n) is 4.20. The lowest BCUT2D eigenvalue weighted by Crippen LogP contribution is -2.16. The summed E-state index contributed by atoms with van der Waals surface area (Å²) in [5.41, 5.74) is 1.18. The largest absolute Gasteiger partial charge is 0.193 e. The minimum absolute atomic E-state index is 1.14. The van der Waals surface area contributed by atoms with Gasteiger partial charge >= 0.3 is 0 Å². The van der Waals surface area contributed by atoms with Crippen LogP contribution < -0.4 is 5.84 Å². The van der Waals surface area contributed by atoms with Gasteiger partial charge in [0.2, 0.25) is 0 Å². The van der Waals surface area contributed by atoms with Gasteiger partial charge in [-0.1, -0.05) is 30.3 Å². The molecular formula is C9H11N4S+. The molecule has 5 heteroatoms. The van der Waals surface area contributed by atoms with E-state index in [1.54, 1.807) is 4.21 Å². The zero-order valence-electron chi connectivity index (χ0n) is 7.79. The Morgan fingerprint density at radius 3 is 2.64 bits per heavy atom. The highest BCUT2D eigenvalue weighted by Gasteiger charge is 2.22. The van der Waals surface area contributed by atoms with Gasteiger partial charge < -0.3 is 0 Å². The third-order valence-corrected chi connectivity index (χ3v) is 2.96. The molecule has 0 aliphatic carbocycles. The molecule has 4 nitrogen and oxygen atoms in total. The molecule has 2 N–H and O–H groups in total. The number of hydrazine groups is 1. The molecule has 0 aromatic heterocycles. The van der Waals surface area contributed by atoms with Crippen LogP contribution in [-0.2, 0) is 0 Å². The lowest BCUT2D eigenvalue weighted by Gasteiger charge is -1.99. The summed E-state index contributed by atoms with van der Waals surface area (Å²) in [4.78, 5) is 1.14. The Labute approximate surface area is 86.8 Å². The van der Waals surface area contributed by atoms with Crippen molar-refractivity contribution in [1.29, 1.82) is 0 Å². The van der Waals surface area contributed by atoms with Crippen molar-refractivity contribution < 1.29 is 4.21 Å². The molecule has 0 radical (unpaired) electrons. The van der Waals surface area contributed by atoms with Crippen molar-refractivity contribution in [3.8, 4) is 0 Å². The summed E-state index contributed by atoms with van der Waals surface area (Å²) in [6.07, 6.45) is 2.00. The van der Waals surface area contributed by atoms with Gasteiger partial charge in [0, 0.05) is 4.21 Å². The average molecular weight is 207 g/mol. The van der Waals surface area contributed by atoms with Crippen LogP contribution in [0.1, 0.15) is 5.56 Å². The third-order valence-electron chi connectivity index (χ3n) is 1.91. The van der Waals surface area contributed by atoms with Crippen LogP contribution in [0.3, 0.4) is 0 Å². The fourth-order valence-electron chi connectivity index (χ4n) is 1.23. The van der Waals surface area contributed by atoms with Crippen molar-refractivity contribution in [2.24, 2.45) is 11.1 Å². The monoisotopic (exact) mass is 207 g/mol. The second kappa shape index (κ2) is 3.71. The third kappa shape index (κ3) is 1.58. The highest BCUT2D eigenvalue weighted by atomic mass is 32.2. The van der Waals surface area contributed by atoms with Crippen molar-refractivity contribution in [3.63, 3.8) is 0 Å². The van der Waals surface area contributed by atoms with E-state index < -0.39 is 0 Å². The summed E-state index contributed by atoms with van der Waals surface area (Å²) < 4.78 is 1.63. The molecule has 14 heavy (non-hydrogen) atoms. The maximum absolute atomic E-state index is 5.22. The first kappa shape index (κ1) is 9.08. The van der Waals surface area contributed by atoms with Crippen LogP contribution in [0, 0.1) is 0 Å². The first-order valence-corrected chi connectivity index (χ1v) is 4.97. The quantitative estimate of drug-likeness (QED) is 0.331. The van der Waals surface area contributed by atoms with Gasteiger partial charge in [0.1, 0.15) is 5.22 Å². The predicted molar refractivity (Wildman–Crippen MR) is 56.6 cm³/mol. The fraction of sp³-hybridized carbons (Fsp3) is 0.111. The molecule has 0 spiro atoms. The van der Waals surface area contributed by atoms with E-state index >= 15 is 0 Å². The summed E-state index contributed by atoms with van der Waals surface area (Å²) in [5.74, 6) is 5.22. The Hall–Kier alpha value is -1.49. The normalized spacial score (nSPS) is 18.8. The van der Waals surface area contributed by atoms with Crippen molar-refractivity contribution in [3.05, 3.63) is 42.1 Å². The zero-order valence-corrected chi connectivity index (χ0v) is 8.61. The van der Waals surface area contributed by atoms with E-state index in [1.165, 1.54) is 17.5 Å². The Bertz CT molecular complexity index is 385. The minimum Gasteiger partial charge on any atom is -0.193 e. The molecule has 0 atom stereocenters. The second-order valence-electron chi connectivity index (χ2n) is 2.89. The van der Waals surface area contributed by atoms with E-state index in [4.69, 9.17) is 5.84 Å². The Balaban J connectivity index is 2.28. The van der Waals surface area contributed by atoms with Crippen molar-refractivity contribution in [2.45, 2.75) is 0 Å². The van der Waals surface area contributed by atoms with Gasteiger partial charge in [-0.05, 0) is 5.56 Å². The highest BCUT2D eigenvalue weighted by Crippen LogP contribution is 2.34. The van der Waals surface area contributed by atoms with Gasteiger partial charge in [0.25, 0.3) is 0 Å². The van der Waals surface area contributed by atoms with E-state index in [9.17, 15) is 0 Å². The van der Waals surface area contributed by atoms with Gasteiger partial charge in [0.15, 0.2) is 11.9 Å². The molecule has 1 aliphatic heterocycles. The van der Waals surface area contributed by atoms with Crippen LogP contribution in [0.5, 0.6) is 0 Å². The Kier molecular flexibility index (Phi) is 2.41. The molecule has 1 aliphatic rings. The summed E-state index contributed by atoms with van der Waals surface area (Å²) in [7, 11) is 1.90. The molecule has 0 amide bonds. The van der Waals surface area contributed by atoms with Crippen LogP contribution >= 0.6 is 11.9 Å². The zero-order chi connectivity index (χ0) is 9.97. The molecule has 2 rings (SSSR count). The Morgan fingerprint density at radius 1 is 1.36 bits per heavy atom. The molecule has 0 unspecified atom stereocenters. The van der Waals surface area contributed by atoms with E-state index in [2.05, 4.69) is 17.4 Å². The van der Waals surface area contributed by atoms with Crippen molar-refractivity contribution >= 4 is 16.9 Å². The van der Waals surface area contributed by atoms with Gasteiger partial charge in [-0.15, -0.1) is 0 Å². The molecule has 1 aromatic rings. The topological polar surface area (TPSA) is 44.6 Å². The predicted octanol–water partition coefficient (Wildman–Crippen LogP) is 1.83. The summed E-state index contributed by atoms with van der Waals surface area (Å²) in [5, 5.41) is 5.45. The van der Waals surface area contributed by atoms with Gasteiger partial charge in [-0.2, -0.15) is 10.9 Å². The van der Waals surface area contributed by atoms with E-state index in [1.807, 2.05) is 36.5 Å². The number of rotatable bonds is 1. The highest BCUT2D eigenvalue weighted by molar-refractivity contribution is 8.02.